The molecule has 0 fully saturated rings. The Hall–Kier alpha value is -0.870. The maximum atomic E-state index is 10.3. The van der Waals surface area contributed by atoms with E-state index in [1.165, 1.54) is 0 Å². The number of carbonyl (C=O) groups is 1. The van der Waals surface area contributed by atoms with Crippen LogP contribution in [0.1, 0.15) is 24.9 Å². The minimum Gasteiger partial charge on any atom is -0.481 e. The molecule has 3 nitrogen and oxygen atoms in total. The molecule has 0 aliphatic rings. The van der Waals surface area contributed by atoms with Gasteiger partial charge < -0.3 is 10.4 Å². The molecule has 0 bridgehead atoms. The highest BCUT2D eigenvalue weighted by atomic mass is 79.9. The standard InChI is InChI=1S/C11H14BrNO2/c1-8(13-7-6-11(14)15)9-4-2-3-5-10(9)12/h2-5,8,13H,6-7H2,1H3,(H,14,15). The molecular formula is C11H14BrNO2. The third kappa shape index (κ3) is 4.01. The molecule has 82 valence electrons. The Balaban J connectivity index is 2.50. The van der Waals surface area contributed by atoms with E-state index in [2.05, 4.69) is 21.2 Å². The minimum absolute atomic E-state index is 0.148. The predicted octanol–water partition coefficient (Wildman–Crippen LogP) is 2.57. The molecule has 2 N–H and O–H groups in total. The van der Waals surface area contributed by atoms with Crippen molar-refractivity contribution in [3.05, 3.63) is 34.3 Å². The predicted molar refractivity (Wildman–Crippen MR) is 62.8 cm³/mol. The summed E-state index contributed by atoms with van der Waals surface area (Å²) < 4.78 is 1.04. The van der Waals surface area contributed by atoms with Gasteiger partial charge in [-0.3, -0.25) is 4.79 Å². The van der Waals surface area contributed by atoms with E-state index >= 15 is 0 Å². The van der Waals surface area contributed by atoms with Crippen LogP contribution < -0.4 is 5.32 Å². The second kappa shape index (κ2) is 5.88. The van der Waals surface area contributed by atoms with Crippen LogP contribution in [0.3, 0.4) is 0 Å². The van der Waals surface area contributed by atoms with Gasteiger partial charge in [0, 0.05) is 17.1 Å². The summed E-state index contributed by atoms with van der Waals surface area (Å²) in [7, 11) is 0. The summed E-state index contributed by atoms with van der Waals surface area (Å²) in [5.74, 6) is -0.776. The van der Waals surface area contributed by atoms with E-state index < -0.39 is 5.97 Å². The van der Waals surface area contributed by atoms with Crippen molar-refractivity contribution in [3.63, 3.8) is 0 Å². The van der Waals surface area contributed by atoms with Crippen LogP contribution in [0, 0.1) is 0 Å². The maximum absolute atomic E-state index is 10.3. The highest BCUT2D eigenvalue weighted by Crippen LogP contribution is 2.22. The summed E-state index contributed by atoms with van der Waals surface area (Å²) in [6.45, 7) is 2.50. The molecule has 1 unspecified atom stereocenters. The van der Waals surface area contributed by atoms with Gasteiger partial charge in [0.2, 0.25) is 0 Å². The van der Waals surface area contributed by atoms with Crippen molar-refractivity contribution < 1.29 is 9.90 Å². The highest BCUT2D eigenvalue weighted by Gasteiger charge is 2.08. The zero-order chi connectivity index (χ0) is 11.3. The highest BCUT2D eigenvalue weighted by molar-refractivity contribution is 9.10. The number of halogens is 1. The van der Waals surface area contributed by atoms with Crippen molar-refractivity contribution in [2.75, 3.05) is 6.54 Å². The van der Waals surface area contributed by atoms with Gasteiger partial charge in [-0.05, 0) is 18.6 Å². The first-order chi connectivity index (χ1) is 7.11. The molecule has 0 spiro atoms. The molecule has 0 amide bonds. The number of carboxylic acid groups (broad SMARTS) is 1. The molecule has 0 heterocycles. The van der Waals surface area contributed by atoms with Crippen molar-refractivity contribution >= 4 is 21.9 Å². The molecule has 1 aromatic rings. The van der Waals surface area contributed by atoms with E-state index in [1.807, 2.05) is 31.2 Å². The Morgan fingerprint density at radius 3 is 2.80 bits per heavy atom. The largest absolute Gasteiger partial charge is 0.481 e. The van der Waals surface area contributed by atoms with Gasteiger partial charge in [-0.15, -0.1) is 0 Å². The average Bonchev–Trinajstić information content (AvgIpc) is 2.17. The van der Waals surface area contributed by atoms with Crippen LogP contribution >= 0.6 is 15.9 Å². The molecule has 1 rings (SSSR count). The number of nitrogens with one attached hydrogen (secondary N) is 1. The van der Waals surface area contributed by atoms with Crippen LogP contribution in [-0.2, 0) is 4.79 Å². The van der Waals surface area contributed by atoms with Crippen molar-refractivity contribution in [1.82, 2.24) is 5.32 Å². The van der Waals surface area contributed by atoms with Crippen molar-refractivity contribution in [2.24, 2.45) is 0 Å². The first-order valence-corrected chi connectivity index (χ1v) is 5.60. The van der Waals surface area contributed by atoms with Crippen molar-refractivity contribution in [1.29, 1.82) is 0 Å². The van der Waals surface area contributed by atoms with Crippen LogP contribution in [0.2, 0.25) is 0 Å². The topological polar surface area (TPSA) is 49.3 Å². The van der Waals surface area contributed by atoms with Crippen LogP contribution in [0.4, 0.5) is 0 Å². The van der Waals surface area contributed by atoms with E-state index in [-0.39, 0.29) is 12.5 Å². The summed E-state index contributed by atoms with van der Waals surface area (Å²) in [5, 5.41) is 11.7. The molecule has 0 radical (unpaired) electrons. The lowest BCUT2D eigenvalue weighted by Gasteiger charge is -2.14. The Bertz CT molecular complexity index is 341. The van der Waals surface area contributed by atoms with Gasteiger partial charge in [-0.25, -0.2) is 0 Å². The van der Waals surface area contributed by atoms with Gasteiger partial charge in [-0.2, -0.15) is 0 Å². The van der Waals surface area contributed by atoms with Crippen molar-refractivity contribution in [2.45, 2.75) is 19.4 Å². The third-order valence-electron chi connectivity index (χ3n) is 2.16. The van der Waals surface area contributed by atoms with Gasteiger partial charge in [0.1, 0.15) is 0 Å². The number of benzene rings is 1. The molecule has 0 aliphatic carbocycles. The van der Waals surface area contributed by atoms with Crippen molar-refractivity contribution in [3.8, 4) is 0 Å². The first kappa shape index (κ1) is 12.2. The fraction of sp³-hybridized carbons (Fsp3) is 0.364. The maximum Gasteiger partial charge on any atom is 0.304 e. The van der Waals surface area contributed by atoms with Gasteiger partial charge in [0.05, 0.1) is 6.42 Å². The lowest BCUT2D eigenvalue weighted by Crippen LogP contribution is -2.22. The van der Waals surface area contributed by atoms with E-state index in [0.717, 1.165) is 10.0 Å². The molecule has 1 aromatic carbocycles. The van der Waals surface area contributed by atoms with E-state index in [0.29, 0.717) is 6.54 Å². The number of aliphatic carboxylic acids is 1. The third-order valence-corrected chi connectivity index (χ3v) is 2.88. The molecule has 0 saturated carbocycles. The Kier molecular flexibility index (Phi) is 4.78. The van der Waals surface area contributed by atoms with Crippen LogP contribution in [-0.4, -0.2) is 17.6 Å². The van der Waals surface area contributed by atoms with Gasteiger partial charge in [-0.1, -0.05) is 34.1 Å². The van der Waals surface area contributed by atoms with Crippen LogP contribution in [0.5, 0.6) is 0 Å². The zero-order valence-corrected chi connectivity index (χ0v) is 10.1. The molecule has 15 heavy (non-hydrogen) atoms. The molecule has 1 atom stereocenters. The van der Waals surface area contributed by atoms with Crippen LogP contribution in [0.15, 0.2) is 28.7 Å². The summed E-state index contributed by atoms with van der Waals surface area (Å²) in [4.78, 5) is 10.3. The Labute approximate surface area is 97.6 Å². The number of rotatable bonds is 5. The fourth-order valence-electron chi connectivity index (χ4n) is 1.33. The summed E-state index contributed by atoms with van der Waals surface area (Å²) in [6, 6.07) is 8.07. The lowest BCUT2D eigenvalue weighted by atomic mass is 10.1. The molecule has 0 saturated heterocycles. The second-order valence-corrected chi connectivity index (χ2v) is 4.20. The fourth-order valence-corrected chi connectivity index (χ4v) is 1.96. The monoisotopic (exact) mass is 271 g/mol. The van der Waals surface area contributed by atoms with E-state index in [9.17, 15) is 4.79 Å². The number of carboxylic acids is 1. The summed E-state index contributed by atoms with van der Waals surface area (Å²) in [5.41, 5.74) is 1.14. The molecule has 0 aliphatic heterocycles. The van der Waals surface area contributed by atoms with E-state index in [4.69, 9.17) is 5.11 Å². The normalized spacial score (nSPS) is 12.4. The SMILES string of the molecule is CC(NCCC(=O)O)c1ccccc1Br. The Morgan fingerprint density at radius 2 is 2.20 bits per heavy atom. The lowest BCUT2D eigenvalue weighted by molar-refractivity contribution is -0.136. The van der Waals surface area contributed by atoms with Gasteiger partial charge in [0.15, 0.2) is 0 Å². The number of hydrogen-bond acceptors (Lipinski definition) is 2. The van der Waals surface area contributed by atoms with Crippen LogP contribution in [0.25, 0.3) is 0 Å². The van der Waals surface area contributed by atoms with E-state index in [1.54, 1.807) is 0 Å². The first-order valence-electron chi connectivity index (χ1n) is 4.81. The summed E-state index contributed by atoms with van der Waals surface area (Å²) >= 11 is 3.46. The minimum atomic E-state index is -0.776. The Morgan fingerprint density at radius 1 is 1.53 bits per heavy atom. The van der Waals surface area contributed by atoms with Gasteiger partial charge >= 0.3 is 5.97 Å². The zero-order valence-electron chi connectivity index (χ0n) is 8.53. The molecular weight excluding hydrogens is 258 g/mol. The van der Waals surface area contributed by atoms with Gasteiger partial charge in [0.25, 0.3) is 0 Å². The summed E-state index contributed by atoms with van der Waals surface area (Å²) in [6.07, 6.45) is 0.148. The molecule has 4 heteroatoms. The molecule has 0 aromatic heterocycles. The average molecular weight is 272 g/mol. The quantitative estimate of drug-likeness (QED) is 0.866. The number of hydrogen-bond donors (Lipinski definition) is 2. The smallest absolute Gasteiger partial charge is 0.304 e. The second-order valence-electron chi connectivity index (χ2n) is 3.34.